The summed E-state index contributed by atoms with van der Waals surface area (Å²) in [5.41, 5.74) is 1.27. The van der Waals surface area contributed by atoms with Gasteiger partial charge in [0.2, 0.25) is 0 Å². The minimum Gasteiger partial charge on any atom is -0.491 e. The third-order valence-corrected chi connectivity index (χ3v) is 3.24. The van der Waals surface area contributed by atoms with Crippen molar-refractivity contribution in [2.45, 2.75) is 45.6 Å². The minimum atomic E-state index is 0.602. The van der Waals surface area contributed by atoms with Crippen molar-refractivity contribution >= 4 is 0 Å². The highest BCUT2D eigenvalue weighted by Crippen LogP contribution is 2.13. The molecule has 0 aliphatic heterocycles. The van der Waals surface area contributed by atoms with Crippen LogP contribution in [0.15, 0.2) is 24.3 Å². The standard InChI is InChI=1S/C17H29NO2/c1-3-4-5-6-7-11-18-15-16-9-8-10-17(14-16)20-13-12-19-2/h8-10,14,18H,3-7,11-13,15H2,1-2H3. The molecule has 0 unspecified atom stereocenters. The van der Waals surface area contributed by atoms with Crippen LogP contribution in [0, 0.1) is 0 Å². The molecule has 0 heterocycles. The summed E-state index contributed by atoms with van der Waals surface area (Å²) in [5.74, 6) is 0.921. The summed E-state index contributed by atoms with van der Waals surface area (Å²) in [7, 11) is 1.68. The van der Waals surface area contributed by atoms with E-state index >= 15 is 0 Å². The molecule has 0 aliphatic carbocycles. The van der Waals surface area contributed by atoms with Crippen molar-refractivity contribution in [2.24, 2.45) is 0 Å². The second-order valence-electron chi connectivity index (χ2n) is 5.08. The summed E-state index contributed by atoms with van der Waals surface area (Å²) in [6.45, 7) is 5.48. The maximum atomic E-state index is 5.61. The van der Waals surface area contributed by atoms with Crippen LogP contribution in [0.4, 0.5) is 0 Å². The molecule has 0 amide bonds. The van der Waals surface area contributed by atoms with E-state index in [0.29, 0.717) is 13.2 Å². The van der Waals surface area contributed by atoms with Crippen LogP contribution in [0.5, 0.6) is 5.75 Å². The molecule has 0 saturated heterocycles. The zero-order chi connectivity index (χ0) is 14.5. The molecule has 3 heteroatoms. The lowest BCUT2D eigenvalue weighted by Crippen LogP contribution is -2.14. The Labute approximate surface area is 123 Å². The molecule has 114 valence electrons. The van der Waals surface area contributed by atoms with Gasteiger partial charge in [-0.25, -0.2) is 0 Å². The van der Waals surface area contributed by atoms with Gasteiger partial charge in [0.05, 0.1) is 6.61 Å². The van der Waals surface area contributed by atoms with E-state index in [1.807, 2.05) is 12.1 Å². The number of hydrogen-bond acceptors (Lipinski definition) is 3. The van der Waals surface area contributed by atoms with E-state index < -0.39 is 0 Å². The number of benzene rings is 1. The molecule has 1 rings (SSSR count). The highest BCUT2D eigenvalue weighted by Gasteiger charge is 1.97. The van der Waals surface area contributed by atoms with Gasteiger partial charge in [0.15, 0.2) is 0 Å². The molecule has 0 aliphatic rings. The van der Waals surface area contributed by atoms with Crippen molar-refractivity contribution in [3.05, 3.63) is 29.8 Å². The highest BCUT2D eigenvalue weighted by molar-refractivity contribution is 5.28. The van der Waals surface area contributed by atoms with E-state index in [1.165, 1.54) is 37.7 Å². The first-order valence-electron chi connectivity index (χ1n) is 7.78. The predicted octanol–water partition coefficient (Wildman–Crippen LogP) is 3.77. The van der Waals surface area contributed by atoms with E-state index in [1.54, 1.807) is 7.11 Å². The molecule has 0 radical (unpaired) electrons. The zero-order valence-corrected chi connectivity index (χ0v) is 13.0. The Morgan fingerprint density at radius 1 is 1.05 bits per heavy atom. The van der Waals surface area contributed by atoms with Gasteiger partial charge in [-0.3, -0.25) is 0 Å². The third kappa shape index (κ3) is 8.18. The number of methoxy groups -OCH3 is 1. The van der Waals surface area contributed by atoms with E-state index in [0.717, 1.165) is 18.8 Å². The summed E-state index contributed by atoms with van der Waals surface area (Å²) >= 11 is 0. The Morgan fingerprint density at radius 2 is 1.90 bits per heavy atom. The van der Waals surface area contributed by atoms with Crippen molar-refractivity contribution in [3.63, 3.8) is 0 Å². The molecular formula is C17H29NO2. The van der Waals surface area contributed by atoms with Crippen LogP contribution in [-0.2, 0) is 11.3 Å². The number of nitrogens with one attached hydrogen (secondary N) is 1. The molecule has 0 atom stereocenters. The van der Waals surface area contributed by atoms with Gasteiger partial charge in [-0.2, -0.15) is 0 Å². The van der Waals surface area contributed by atoms with Crippen LogP contribution in [0.1, 0.15) is 44.6 Å². The van der Waals surface area contributed by atoms with Crippen molar-refractivity contribution in [3.8, 4) is 5.75 Å². The van der Waals surface area contributed by atoms with Gasteiger partial charge >= 0.3 is 0 Å². The van der Waals surface area contributed by atoms with Gasteiger partial charge in [0, 0.05) is 13.7 Å². The van der Waals surface area contributed by atoms with Gasteiger partial charge in [0.1, 0.15) is 12.4 Å². The van der Waals surface area contributed by atoms with Crippen LogP contribution in [0.2, 0.25) is 0 Å². The number of rotatable bonds is 12. The Bertz CT molecular complexity index is 342. The van der Waals surface area contributed by atoms with E-state index in [4.69, 9.17) is 9.47 Å². The fraction of sp³-hybridized carbons (Fsp3) is 0.647. The lowest BCUT2D eigenvalue weighted by molar-refractivity contribution is 0.146. The molecular weight excluding hydrogens is 250 g/mol. The average Bonchev–Trinajstić information content (AvgIpc) is 2.47. The molecule has 3 nitrogen and oxygen atoms in total. The monoisotopic (exact) mass is 279 g/mol. The summed E-state index contributed by atoms with van der Waals surface area (Å²) in [6, 6.07) is 8.26. The smallest absolute Gasteiger partial charge is 0.119 e. The van der Waals surface area contributed by atoms with Crippen LogP contribution < -0.4 is 10.1 Å². The Morgan fingerprint density at radius 3 is 2.70 bits per heavy atom. The van der Waals surface area contributed by atoms with Crippen LogP contribution in [0.3, 0.4) is 0 Å². The molecule has 1 aromatic carbocycles. The fourth-order valence-corrected chi connectivity index (χ4v) is 2.07. The molecule has 1 N–H and O–H groups in total. The zero-order valence-electron chi connectivity index (χ0n) is 13.0. The first-order chi connectivity index (χ1) is 9.86. The average molecular weight is 279 g/mol. The third-order valence-electron chi connectivity index (χ3n) is 3.24. The summed E-state index contributed by atoms with van der Waals surface area (Å²) in [5, 5.41) is 3.49. The topological polar surface area (TPSA) is 30.5 Å². The quantitative estimate of drug-likeness (QED) is 0.591. The molecule has 0 bridgehead atoms. The number of hydrogen-bond donors (Lipinski definition) is 1. The van der Waals surface area contributed by atoms with Crippen molar-refractivity contribution in [1.82, 2.24) is 5.32 Å². The molecule has 20 heavy (non-hydrogen) atoms. The van der Waals surface area contributed by atoms with Crippen molar-refractivity contribution in [2.75, 3.05) is 26.9 Å². The number of unbranched alkanes of at least 4 members (excludes halogenated alkanes) is 4. The number of ether oxygens (including phenoxy) is 2. The van der Waals surface area contributed by atoms with Crippen LogP contribution >= 0.6 is 0 Å². The van der Waals surface area contributed by atoms with E-state index in [-0.39, 0.29) is 0 Å². The van der Waals surface area contributed by atoms with Gasteiger partial charge in [-0.05, 0) is 30.7 Å². The first-order valence-corrected chi connectivity index (χ1v) is 7.78. The molecule has 1 aromatic rings. The van der Waals surface area contributed by atoms with Gasteiger partial charge in [-0.1, -0.05) is 44.7 Å². The van der Waals surface area contributed by atoms with E-state index in [9.17, 15) is 0 Å². The molecule has 0 fully saturated rings. The maximum Gasteiger partial charge on any atom is 0.119 e. The molecule has 0 aromatic heterocycles. The second kappa shape index (κ2) is 11.7. The van der Waals surface area contributed by atoms with Gasteiger partial charge < -0.3 is 14.8 Å². The first kappa shape index (κ1) is 17.0. The Hall–Kier alpha value is -1.06. The largest absolute Gasteiger partial charge is 0.491 e. The normalized spacial score (nSPS) is 10.7. The summed E-state index contributed by atoms with van der Waals surface area (Å²) in [6.07, 6.45) is 6.64. The van der Waals surface area contributed by atoms with Crippen LogP contribution in [0.25, 0.3) is 0 Å². The van der Waals surface area contributed by atoms with Crippen molar-refractivity contribution in [1.29, 1.82) is 0 Å². The summed E-state index contributed by atoms with van der Waals surface area (Å²) < 4.78 is 10.6. The highest BCUT2D eigenvalue weighted by atomic mass is 16.5. The Balaban J connectivity index is 2.14. The second-order valence-corrected chi connectivity index (χ2v) is 5.08. The maximum absolute atomic E-state index is 5.61. The molecule has 0 saturated carbocycles. The van der Waals surface area contributed by atoms with Gasteiger partial charge in [0.25, 0.3) is 0 Å². The Kier molecular flexibility index (Phi) is 9.98. The SMILES string of the molecule is CCCCCCCNCc1cccc(OCCOC)c1. The van der Waals surface area contributed by atoms with Gasteiger partial charge in [-0.15, -0.1) is 0 Å². The van der Waals surface area contributed by atoms with Crippen LogP contribution in [-0.4, -0.2) is 26.9 Å². The predicted molar refractivity (Wildman–Crippen MR) is 84.3 cm³/mol. The lowest BCUT2D eigenvalue weighted by atomic mass is 10.1. The van der Waals surface area contributed by atoms with E-state index in [2.05, 4.69) is 24.4 Å². The minimum absolute atomic E-state index is 0.602. The fourth-order valence-electron chi connectivity index (χ4n) is 2.07. The lowest BCUT2D eigenvalue weighted by Gasteiger charge is -2.08. The van der Waals surface area contributed by atoms with Crippen molar-refractivity contribution < 1.29 is 9.47 Å². The molecule has 0 spiro atoms. The summed E-state index contributed by atoms with van der Waals surface area (Å²) in [4.78, 5) is 0.